The van der Waals surface area contributed by atoms with Crippen LogP contribution in [-0.2, 0) is 0 Å². The number of benzene rings is 2. The molecule has 1 aliphatic heterocycles. The van der Waals surface area contributed by atoms with Gasteiger partial charge in [0.1, 0.15) is 11.9 Å². The largest absolute Gasteiger partial charge is 0.490 e. The van der Waals surface area contributed by atoms with Gasteiger partial charge in [0.15, 0.2) is 0 Å². The lowest BCUT2D eigenvalue weighted by Gasteiger charge is -2.32. The number of piperidine rings is 1. The van der Waals surface area contributed by atoms with Gasteiger partial charge in [0.2, 0.25) is 0 Å². The zero-order valence-electron chi connectivity index (χ0n) is 17.5. The molecule has 150 valence electrons. The lowest BCUT2D eigenvalue weighted by molar-refractivity contribution is 0.0594. The summed E-state index contributed by atoms with van der Waals surface area (Å²) in [6, 6.07) is 11.9. The fraction of sp³-hybridized carbons (Fsp3) is 0.375. The molecule has 0 bridgehead atoms. The summed E-state index contributed by atoms with van der Waals surface area (Å²) in [6.07, 6.45) is 1.82. The van der Waals surface area contributed by atoms with Crippen molar-refractivity contribution in [3.8, 4) is 5.75 Å². The summed E-state index contributed by atoms with van der Waals surface area (Å²) < 4.78 is 6.23. The van der Waals surface area contributed by atoms with Crippen molar-refractivity contribution in [2.24, 2.45) is 0 Å². The number of aryl methyl sites for hydroxylation is 4. The van der Waals surface area contributed by atoms with E-state index in [4.69, 9.17) is 4.74 Å². The predicted molar refractivity (Wildman–Crippen MR) is 114 cm³/mol. The maximum atomic E-state index is 13.0. The van der Waals surface area contributed by atoms with Gasteiger partial charge in [0.05, 0.1) is 22.4 Å². The normalized spacial score (nSPS) is 15.0. The number of carbonyl (C=O) groups is 1. The first kappa shape index (κ1) is 19.4. The number of fused-ring (bicyclic) bond motifs is 1. The second-order valence-electron chi connectivity index (χ2n) is 7.98. The zero-order valence-corrected chi connectivity index (χ0v) is 17.5. The van der Waals surface area contributed by atoms with E-state index in [2.05, 4.69) is 42.0 Å². The van der Waals surface area contributed by atoms with Gasteiger partial charge in [0, 0.05) is 31.5 Å². The Balaban J connectivity index is 1.43. The van der Waals surface area contributed by atoms with Crippen LogP contribution in [-0.4, -0.2) is 40.0 Å². The number of hydrogen-bond donors (Lipinski definition) is 0. The standard InChI is InChI=1S/C24H27N3O2/c1-15-5-6-16(2)23(13-15)29-20-9-11-27(12-10-20)24(28)19-7-8-21-22(14-19)26-18(4)17(3)25-21/h5-8,13-14,20H,9-12H2,1-4H3. The highest BCUT2D eigenvalue weighted by Gasteiger charge is 2.25. The van der Waals surface area contributed by atoms with Crippen LogP contribution in [0.4, 0.5) is 0 Å². The maximum absolute atomic E-state index is 13.0. The fourth-order valence-corrected chi connectivity index (χ4v) is 3.74. The van der Waals surface area contributed by atoms with E-state index in [1.54, 1.807) is 0 Å². The molecule has 1 fully saturated rings. The number of amides is 1. The van der Waals surface area contributed by atoms with Crippen molar-refractivity contribution in [1.82, 2.24) is 14.9 Å². The summed E-state index contributed by atoms with van der Waals surface area (Å²) in [5, 5.41) is 0. The smallest absolute Gasteiger partial charge is 0.253 e. The van der Waals surface area contributed by atoms with Crippen molar-refractivity contribution in [2.75, 3.05) is 13.1 Å². The number of rotatable bonds is 3. The van der Waals surface area contributed by atoms with Gasteiger partial charge < -0.3 is 9.64 Å². The molecule has 29 heavy (non-hydrogen) atoms. The van der Waals surface area contributed by atoms with Crippen molar-refractivity contribution in [2.45, 2.75) is 46.6 Å². The summed E-state index contributed by atoms with van der Waals surface area (Å²) in [5.74, 6) is 1.01. The Bertz CT molecular complexity index is 1070. The molecule has 5 heteroatoms. The van der Waals surface area contributed by atoms with Crippen molar-refractivity contribution < 1.29 is 9.53 Å². The molecule has 1 aliphatic rings. The molecule has 1 amide bonds. The van der Waals surface area contributed by atoms with Gasteiger partial charge in [0.25, 0.3) is 5.91 Å². The van der Waals surface area contributed by atoms with Crippen LogP contribution >= 0.6 is 0 Å². The Hall–Kier alpha value is -2.95. The molecule has 0 aliphatic carbocycles. The topological polar surface area (TPSA) is 55.3 Å². The Labute approximate surface area is 171 Å². The Morgan fingerprint density at radius 3 is 2.34 bits per heavy atom. The highest BCUT2D eigenvalue weighted by Crippen LogP contribution is 2.25. The minimum Gasteiger partial charge on any atom is -0.490 e. The number of aromatic nitrogens is 2. The van der Waals surface area contributed by atoms with Crippen LogP contribution in [0.25, 0.3) is 11.0 Å². The van der Waals surface area contributed by atoms with Crippen LogP contribution in [0.15, 0.2) is 36.4 Å². The van der Waals surface area contributed by atoms with Crippen LogP contribution in [0.5, 0.6) is 5.75 Å². The van der Waals surface area contributed by atoms with Gasteiger partial charge in [-0.3, -0.25) is 4.79 Å². The first-order valence-electron chi connectivity index (χ1n) is 10.2. The molecule has 1 aromatic heterocycles. The molecule has 2 aromatic carbocycles. The predicted octanol–water partition coefficient (Wildman–Crippen LogP) is 4.55. The van der Waals surface area contributed by atoms with Gasteiger partial charge in [-0.2, -0.15) is 0 Å². The summed E-state index contributed by atoms with van der Waals surface area (Å²) in [7, 11) is 0. The first-order valence-corrected chi connectivity index (χ1v) is 10.2. The number of hydrogen-bond acceptors (Lipinski definition) is 4. The average Bonchev–Trinajstić information content (AvgIpc) is 2.71. The van der Waals surface area contributed by atoms with E-state index >= 15 is 0 Å². The third-order valence-electron chi connectivity index (χ3n) is 5.69. The second kappa shape index (κ2) is 7.82. The molecule has 0 radical (unpaired) electrons. The molecule has 1 saturated heterocycles. The molecule has 0 N–H and O–H groups in total. The van der Waals surface area contributed by atoms with Crippen LogP contribution < -0.4 is 4.74 Å². The Morgan fingerprint density at radius 1 is 0.931 bits per heavy atom. The van der Waals surface area contributed by atoms with E-state index in [1.807, 2.05) is 36.9 Å². The maximum Gasteiger partial charge on any atom is 0.253 e. The van der Waals surface area contributed by atoms with Gasteiger partial charge in [-0.05, 0) is 63.1 Å². The lowest BCUT2D eigenvalue weighted by Crippen LogP contribution is -2.41. The Morgan fingerprint density at radius 2 is 1.62 bits per heavy atom. The van der Waals surface area contributed by atoms with Crippen molar-refractivity contribution in [3.05, 3.63) is 64.5 Å². The van der Waals surface area contributed by atoms with E-state index in [0.29, 0.717) is 18.7 Å². The number of ether oxygens (including phenoxy) is 1. The van der Waals surface area contributed by atoms with Crippen LogP contribution in [0.3, 0.4) is 0 Å². The SMILES string of the molecule is Cc1ccc(C)c(OC2CCN(C(=O)c3ccc4nc(C)c(C)nc4c3)CC2)c1. The minimum absolute atomic E-state index is 0.0529. The number of nitrogens with zero attached hydrogens (tertiary/aromatic N) is 3. The molecule has 5 nitrogen and oxygen atoms in total. The second-order valence-corrected chi connectivity index (χ2v) is 7.98. The third kappa shape index (κ3) is 4.09. The van der Waals surface area contributed by atoms with E-state index in [1.165, 1.54) is 5.56 Å². The van der Waals surface area contributed by atoms with E-state index in [9.17, 15) is 4.79 Å². The molecular weight excluding hydrogens is 362 g/mol. The zero-order chi connectivity index (χ0) is 20.5. The highest BCUT2D eigenvalue weighted by atomic mass is 16.5. The lowest BCUT2D eigenvalue weighted by atomic mass is 10.1. The molecule has 0 unspecified atom stereocenters. The van der Waals surface area contributed by atoms with Gasteiger partial charge in [-0.25, -0.2) is 9.97 Å². The van der Waals surface area contributed by atoms with Crippen LogP contribution in [0.2, 0.25) is 0 Å². The average molecular weight is 389 g/mol. The van der Waals surface area contributed by atoms with Crippen molar-refractivity contribution in [1.29, 1.82) is 0 Å². The van der Waals surface area contributed by atoms with Crippen LogP contribution in [0.1, 0.15) is 45.7 Å². The molecule has 2 heterocycles. The summed E-state index contributed by atoms with van der Waals surface area (Å²) in [4.78, 5) is 24.0. The molecular formula is C24H27N3O2. The quantitative estimate of drug-likeness (QED) is 0.660. The van der Waals surface area contributed by atoms with Gasteiger partial charge >= 0.3 is 0 Å². The third-order valence-corrected chi connectivity index (χ3v) is 5.69. The summed E-state index contributed by atoms with van der Waals surface area (Å²) in [6.45, 7) is 9.43. The summed E-state index contributed by atoms with van der Waals surface area (Å²) in [5.41, 5.74) is 6.43. The minimum atomic E-state index is 0.0529. The molecule has 4 rings (SSSR count). The molecule has 0 saturated carbocycles. The van der Waals surface area contributed by atoms with E-state index in [-0.39, 0.29) is 12.0 Å². The molecule has 3 aromatic rings. The van der Waals surface area contributed by atoms with Gasteiger partial charge in [-0.15, -0.1) is 0 Å². The highest BCUT2D eigenvalue weighted by molar-refractivity contribution is 5.97. The van der Waals surface area contributed by atoms with E-state index < -0.39 is 0 Å². The van der Waals surface area contributed by atoms with Crippen molar-refractivity contribution in [3.63, 3.8) is 0 Å². The fourth-order valence-electron chi connectivity index (χ4n) is 3.74. The van der Waals surface area contributed by atoms with E-state index in [0.717, 1.165) is 46.6 Å². The number of likely N-dealkylation sites (tertiary alicyclic amines) is 1. The Kier molecular flexibility index (Phi) is 5.22. The molecule has 0 atom stereocenters. The summed E-state index contributed by atoms with van der Waals surface area (Å²) >= 11 is 0. The van der Waals surface area contributed by atoms with Crippen LogP contribution in [0, 0.1) is 27.7 Å². The van der Waals surface area contributed by atoms with Crippen molar-refractivity contribution >= 4 is 16.9 Å². The number of carbonyl (C=O) groups excluding carboxylic acids is 1. The first-order chi connectivity index (χ1) is 13.9. The monoisotopic (exact) mass is 389 g/mol. The van der Waals surface area contributed by atoms with Gasteiger partial charge in [-0.1, -0.05) is 12.1 Å². The molecule has 0 spiro atoms.